The molecule has 2 heterocycles. The van der Waals surface area contributed by atoms with Crippen LogP contribution in [0.5, 0.6) is 0 Å². The zero-order valence-electron chi connectivity index (χ0n) is 16.4. The van der Waals surface area contributed by atoms with Crippen LogP contribution in [0.15, 0.2) is 40.0 Å². The molecule has 1 fully saturated rings. The second-order valence-electron chi connectivity index (χ2n) is 7.34. The van der Waals surface area contributed by atoms with Gasteiger partial charge in [-0.15, -0.1) is 0 Å². The number of furan rings is 1. The van der Waals surface area contributed by atoms with Gasteiger partial charge in [0, 0.05) is 24.5 Å². The fourth-order valence-electron chi connectivity index (χ4n) is 3.40. The van der Waals surface area contributed by atoms with Crippen LogP contribution in [0.4, 0.5) is 0 Å². The van der Waals surface area contributed by atoms with Gasteiger partial charge in [0.1, 0.15) is 16.9 Å². The Hall–Kier alpha value is -2.83. The minimum absolute atomic E-state index is 0.0119. The van der Waals surface area contributed by atoms with Crippen molar-refractivity contribution in [1.29, 1.82) is 0 Å². The summed E-state index contributed by atoms with van der Waals surface area (Å²) in [4.78, 5) is 38.3. The van der Waals surface area contributed by atoms with Crippen molar-refractivity contribution in [1.82, 2.24) is 15.2 Å². The lowest BCUT2D eigenvalue weighted by Gasteiger charge is -2.18. The van der Waals surface area contributed by atoms with Crippen LogP contribution in [-0.2, 0) is 6.54 Å². The molecule has 0 radical (unpaired) electrons. The van der Waals surface area contributed by atoms with Gasteiger partial charge >= 0.3 is 0 Å². The Balaban J connectivity index is 1.88. The maximum absolute atomic E-state index is 12.9. The molecule has 3 rings (SSSR count). The topological polar surface area (TPSA) is 93.3 Å². The Morgan fingerprint density at radius 2 is 1.89 bits per heavy atom. The van der Waals surface area contributed by atoms with Crippen molar-refractivity contribution in [2.45, 2.75) is 64.6 Å². The van der Waals surface area contributed by atoms with E-state index in [1.54, 1.807) is 22.9 Å². The summed E-state index contributed by atoms with van der Waals surface area (Å²) in [6.45, 7) is 4.17. The van der Waals surface area contributed by atoms with Gasteiger partial charge in [0.2, 0.25) is 5.43 Å². The molecule has 7 heteroatoms. The van der Waals surface area contributed by atoms with Crippen LogP contribution < -0.4 is 16.1 Å². The van der Waals surface area contributed by atoms with E-state index in [9.17, 15) is 14.4 Å². The lowest BCUT2D eigenvalue weighted by atomic mass is 10.1. The second-order valence-corrected chi connectivity index (χ2v) is 7.34. The molecule has 1 aliphatic rings. The molecular weight excluding hydrogens is 358 g/mol. The quantitative estimate of drug-likeness (QED) is 0.766. The number of nitrogens with zero attached hydrogens (tertiary/aromatic N) is 1. The van der Waals surface area contributed by atoms with Crippen molar-refractivity contribution < 1.29 is 14.0 Å². The van der Waals surface area contributed by atoms with Crippen LogP contribution in [-0.4, -0.2) is 22.4 Å². The summed E-state index contributed by atoms with van der Waals surface area (Å²) >= 11 is 0. The van der Waals surface area contributed by atoms with Crippen LogP contribution in [0.1, 0.15) is 78.5 Å². The normalized spacial score (nSPS) is 15.4. The number of hydrogen-bond donors (Lipinski definition) is 2. The number of nitrogens with one attached hydrogen (secondary N) is 2. The Morgan fingerprint density at radius 3 is 2.50 bits per heavy atom. The van der Waals surface area contributed by atoms with Crippen molar-refractivity contribution in [2.24, 2.45) is 0 Å². The van der Waals surface area contributed by atoms with Gasteiger partial charge in [0.25, 0.3) is 11.8 Å². The first kappa shape index (κ1) is 19.9. The molecule has 1 aliphatic carbocycles. The number of carbonyl (C=O) groups is 2. The van der Waals surface area contributed by atoms with E-state index >= 15 is 0 Å². The standard InChI is InChI=1S/C21H27N3O4/c1-3-14(2)24-12-17(20(26)22-11-16-9-6-10-28-16)19(25)18(13-24)21(27)23-15-7-4-5-8-15/h6,9-10,12-15H,3-5,7-8,11H2,1-2H3,(H,22,26)(H,23,27). The molecule has 2 amide bonds. The molecule has 2 N–H and O–H groups in total. The highest BCUT2D eigenvalue weighted by molar-refractivity contribution is 5.99. The predicted octanol–water partition coefficient (Wildman–Crippen LogP) is 3.01. The molecule has 1 atom stereocenters. The lowest BCUT2D eigenvalue weighted by Crippen LogP contribution is -2.38. The number of hydrogen-bond acceptors (Lipinski definition) is 4. The molecule has 0 aliphatic heterocycles. The minimum Gasteiger partial charge on any atom is -0.467 e. The van der Waals surface area contributed by atoms with Crippen molar-refractivity contribution in [3.63, 3.8) is 0 Å². The second kappa shape index (κ2) is 8.91. The number of aromatic nitrogens is 1. The smallest absolute Gasteiger partial charge is 0.257 e. The third kappa shape index (κ3) is 4.52. The van der Waals surface area contributed by atoms with Crippen LogP contribution in [0.2, 0.25) is 0 Å². The van der Waals surface area contributed by atoms with E-state index in [4.69, 9.17) is 4.42 Å². The van der Waals surface area contributed by atoms with Gasteiger partial charge in [-0.25, -0.2) is 0 Å². The minimum atomic E-state index is -0.549. The van der Waals surface area contributed by atoms with Crippen molar-refractivity contribution in [3.05, 3.63) is 57.9 Å². The number of carbonyl (C=O) groups excluding carboxylic acids is 2. The maximum atomic E-state index is 12.9. The van der Waals surface area contributed by atoms with Crippen LogP contribution in [0.3, 0.4) is 0 Å². The highest BCUT2D eigenvalue weighted by Gasteiger charge is 2.23. The van der Waals surface area contributed by atoms with Gasteiger partial charge < -0.3 is 19.6 Å². The zero-order chi connectivity index (χ0) is 20.1. The van der Waals surface area contributed by atoms with Crippen LogP contribution >= 0.6 is 0 Å². The first-order valence-electron chi connectivity index (χ1n) is 9.86. The van der Waals surface area contributed by atoms with E-state index in [0.717, 1.165) is 32.1 Å². The summed E-state index contributed by atoms with van der Waals surface area (Å²) in [6.07, 6.45) is 9.42. The first-order valence-corrected chi connectivity index (χ1v) is 9.86. The molecule has 0 bridgehead atoms. The third-order valence-corrected chi connectivity index (χ3v) is 5.33. The molecule has 2 aromatic heterocycles. The van der Waals surface area contributed by atoms with E-state index in [1.165, 1.54) is 12.5 Å². The number of amides is 2. The number of pyridine rings is 1. The molecule has 150 valence electrons. The highest BCUT2D eigenvalue weighted by Crippen LogP contribution is 2.18. The van der Waals surface area contributed by atoms with Gasteiger partial charge in [-0.3, -0.25) is 14.4 Å². The lowest BCUT2D eigenvalue weighted by molar-refractivity contribution is 0.0935. The average molecular weight is 385 g/mol. The van der Waals surface area contributed by atoms with E-state index in [-0.39, 0.29) is 29.8 Å². The fourth-order valence-corrected chi connectivity index (χ4v) is 3.40. The first-order chi connectivity index (χ1) is 13.5. The Morgan fingerprint density at radius 1 is 1.21 bits per heavy atom. The summed E-state index contributed by atoms with van der Waals surface area (Å²) in [5, 5.41) is 5.63. The molecule has 0 aromatic carbocycles. The molecule has 1 saturated carbocycles. The SMILES string of the molecule is CCC(C)n1cc(C(=O)NCc2ccco2)c(=O)c(C(=O)NC2CCCC2)c1. The summed E-state index contributed by atoms with van der Waals surface area (Å²) in [7, 11) is 0. The summed E-state index contributed by atoms with van der Waals surface area (Å²) in [5.41, 5.74) is -0.573. The Bertz CT molecular complexity index is 880. The van der Waals surface area contributed by atoms with E-state index in [1.807, 2.05) is 13.8 Å². The van der Waals surface area contributed by atoms with Gasteiger partial charge in [-0.2, -0.15) is 0 Å². The third-order valence-electron chi connectivity index (χ3n) is 5.33. The van der Waals surface area contributed by atoms with Gasteiger partial charge in [0.05, 0.1) is 12.8 Å². The Kier molecular flexibility index (Phi) is 6.34. The largest absolute Gasteiger partial charge is 0.467 e. The summed E-state index contributed by atoms with van der Waals surface area (Å²) < 4.78 is 6.97. The van der Waals surface area contributed by atoms with Gasteiger partial charge in [-0.1, -0.05) is 19.8 Å². The van der Waals surface area contributed by atoms with Crippen molar-refractivity contribution >= 4 is 11.8 Å². The molecular formula is C21H27N3O4. The van der Waals surface area contributed by atoms with E-state index in [2.05, 4.69) is 10.6 Å². The zero-order valence-corrected chi connectivity index (χ0v) is 16.4. The predicted molar refractivity (Wildman–Crippen MR) is 105 cm³/mol. The van der Waals surface area contributed by atoms with Crippen molar-refractivity contribution in [2.75, 3.05) is 0 Å². The summed E-state index contributed by atoms with van der Waals surface area (Å²) in [6, 6.07) is 3.62. The Labute approximate surface area is 164 Å². The molecule has 0 saturated heterocycles. The summed E-state index contributed by atoms with van der Waals surface area (Å²) in [5.74, 6) is -0.339. The molecule has 1 unspecified atom stereocenters. The van der Waals surface area contributed by atoms with Crippen LogP contribution in [0, 0.1) is 0 Å². The maximum Gasteiger partial charge on any atom is 0.257 e. The van der Waals surface area contributed by atoms with E-state index < -0.39 is 17.2 Å². The highest BCUT2D eigenvalue weighted by atomic mass is 16.3. The monoisotopic (exact) mass is 385 g/mol. The molecule has 0 spiro atoms. The number of rotatable bonds is 7. The average Bonchev–Trinajstić information content (AvgIpc) is 3.39. The fraction of sp³-hybridized carbons (Fsp3) is 0.476. The van der Waals surface area contributed by atoms with Crippen molar-refractivity contribution in [3.8, 4) is 0 Å². The molecule has 2 aromatic rings. The van der Waals surface area contributed by atoms with Gasteiger partial charge in [-0.05, 0) is 38.3 Å². The molecule has 7 nitrogen and oxygen atoms in total. The van der Waals surface area contributed by atoms with E-state index in [0.29, 0.717) is 5.76 Å². The van der Waals surface area contributed by atoms with Gasteiger partial charge in [0.15, 0.2) is 0 Å². The van der Waals surface area contributed by atoms with Crippen LogP contribution in [0.25, 0.3) is 0 Å². The molecule has 28 heavy (non-hydrogen) atoms.